The van der Waals surface area contributed by atoms with Crippen LogP contribution in [0.2, 0.25) is 0 Å². The first-order valence-electron chi connectivity index (χ1n) is 9.92. The first-order valence-corrected chi connectivity index (χ1v) is 9.92. The summed E-state index contributed by atoms with van der Waals surface area (Å²) in [6, 6.07) is 18.7. The number of aryl methyl sites for hydroxylation is 2. The highest BCUT2D eigenvalue weighted by Gasteiger charge is 2.13. The molecule has 3 aromatic rings. The van der Waals surface area contributed by atoms with E-state index in [1.165, 1.54) is 0 Å². The van der Waals surface area contributed by atoms with Crippen molar-refractivity contribution in [1.82, 2.24) is 0 Å². The lowest BCUT2D eigenvalue weighted by atomic mass is 10.1. The summed E-state index contributed by atoms with van der Waals surface area (Å²) in [6.07, 6.45) is 0. The van der Waals surface area contributed by atoms with Crippen LogP contribution in [0.25, 0.3) is 0 Å². The molecule has 3 rings (SSSR count). The minimum Gasteiger partial charge on any atom is -0.497 e. The minimum atomic E-state index is -0.168. The van der Waals surface area contributed by atoms with Gasteiger partial charge in [0.05, 0.1) is 13.7 Å². The molecule has 30 heavy (non-hydrogen) atoms. The quantitative estimate of drug-likeness (QED) is 0.534. The van der Waals surface area contributed by atoms with Gasteiger partial charge in [-0.15, -0.1) is 0 Å². The highest BCUT2D eigenvalue weighted by atomic mass is 16.5. The van der Waals surface area contributed by atoms with Gasteiger partial charge in [-0.25, -0.2) is 0 Å². The van der Waals surface area contributed by atoms with Gasteiger partial charge in [0.25, 0.3) is 5.91 Å². The molecule has 0 unspecified atom stereocenters. The van der Waals surface area contributed by atoms with Gasteiger partial charge in [-0.1, -0.05) is 24.3 Å². The van der Waals surface area contributed by atoms with Crippen molar-refractivity contribution in [1.29, 1.82) is 0 Å². The van der Waals surface area contributed by atoms with Gasteiger partial charge in [0.2, 0.25) is 0 Å². The summed E-state index contributed by atoms with van der Waals surface area (Å²) in [5.74, 6) is 1.93. The third kappa shape index (κ3) is 5.11. The van der Waals surface area contributed by atoms with E-state index in [1.807, 2.05) is 75.4 Å². The van der Waals surface area contributed by atoms with Crippen LogP contribution in [0.1, 0.15) is 34.0 Å². The zero-order chi connectivity index (χ0) is 21.5. The number of methoxy groups -OCH3 is 1. The molecule has 0 bridgehead atoms. The first-order chi connectivity index (χ1) is 14.5. The normalized spacial score (nSPS) is 10.4. The zero-order valence-corrected chi connectivity index (χ0v) is 17.8. The van der Waals surface area contributed by atoms with Crippen molar-refractivity contribution in [2.75, 3.05) is 19.0 Å². The molecule has 0 saturated heterocycles. The van der Waals surface area contributed by atoms with Gasteiger partial charge < -0.3 is 19.5 Å². The predicted octanol–water partition coefficient (Wildman–Crippen LogP) is 5.54. The van der Waals surface area contributed by atoms with Crippen LogP contribution >= 0.6 is 0 Å². The first kappa shape index (κ1) is 21.2. The Balaban J connectivity index is 1.81. The number of carbonyl (C=O) groups excluding carboxylic acids is 1. The van der Waals surface area contributed by atoms with Crippen molar-refractivity contribution in [2.24, 2.45) is 0 Å². The molecular weight excluding hydrogens is 378 g/mol. The molecule has 0 fully saturated rings. The van der Waals surface area contributed by atoms with Gasteiger partial charge in [-0.05, 0) is 62.2 Å². The smallest absolute Gasteiger partial charge is 0.255 e. The average molecular weight is 405 g/mol. The molecule has 0 radical (unpaired) electrons. The van der Waals surface area contributed by atoms with E-state index < -0.39 is 0 Å². The van der Waals surface area contributed by atoms with Gasteiger partial charge in [0.1, 0.15) is 23.9 Å². The maximum Gasteiger partial charge on any atom is 0.255 e. The number of anilines is 1. The maximum absolute atomic E-state index is 12.9. The predicted molar refractivity (Wildman–Crippen MR) is 119 cm³/mol. The molecule has 156 valence electrons. The fourth-order valence-corrected chi connectivity index (χ4v) is 3.18. The second-order valence-corrected chi connectivity index (χ2v) is 6.94. The Bertz CT molecular complexity index is 1010. The summed E-state index contributed by atoms with van der Waals surface area (Å²) in [4.78, 5) is 12.9. The molecular formula is C25H27NO4. The molecule has 5 heteroatoms. The number of ether oxygens (including phenoxy) is 3. The third-order valence-electron chi connectivity index (χ3n) is 4.78. The summed E-state index contributed by atoms with van der Waals surface area (Å²) < 4.78 is 16.9. The Hall–Kier alpha value is -3.47. The molecule has 1 amide bonds. The van der Waals surface area contributed by atoms with Crippen molar-refractivity contribution in [2.45, 2.75) is 27.4 Å². The van der Waals surface area contributed by atoms with Crippen LogP contribution in [0.5, 0.6) is 17.2 Å². The summed E-state index contributed by atoms with van der Waals surface area (Å²) in [5, 5.41) is 3.03. The van der Waals surface area contributed by atoms with Gasteiger partial charge in [-0.2, -0.15) is 0 Å². The van der Waals surface area contributed by atoms with Gasteiger partial charge in [-0.3, -0.25) is 4.79 Å². The van der Waals surface area contributed by atoms with Crippen LogP contribution in [0.15, 0.2) is 60.7 Å². The standard InChI is InChI=1S/C25H27NO4/c1-5-29-23-13-12-19(25(27)26-24-17(2)8-6-9-18(24)3)14-20(23)16-30-22-11-7-10-21(15-22)28-4/h6-15H,5,16H2,1-4H3,(H,26,27). The largest absolute Gasteiger partial charge is 0.497 e. The topological polar surface area (TPSA) is 56.8 Å². The lowest BCUT2D eigenvalue weighted by Crippen LogP contribution is -2.14. The van der Waals surface area contributed by atoms with E-state index in [4.69, 9.17) is 14.2 Å². The van der Waals surface area contributed by atoms with E-state index in [2.05, 4.69) is 5.32 Å². The number of amides is 1. The van der Waals surface area contributed by atoms with Gasteiger partial charge in [0.15, 0.2) is 0 Å². The van der Waals surface area contributed by atoms with Crippen LogP contribution in [-0.2, 0) is 6.61 Å². The molecule has 0 aliphatic heterocycles. The minimum absolute atomic E-state index is 0.168. The van der Waals surface area contributed by atoms with Crippen molar-refractivity contribution >= 4 is 11.6 Å². The van der Waals surface area contributed by atoms with Crippen LogP contribution < -0.4 is 19.5 Å². The fourth-order valence-electron chi connectivity index (χ4n) is 3.18. The van der Waals surface area contributed by atoms with Crippen molar-refractivity contribution < 1.29 is 19.0 Å². The van der Waals surface area contributed by atoms with Crippen molar-refractivity contribution in [3.8, 4) is 17.2 Å². The number of carbonyl (C=O) groups is 1. The van der Waals surface area contributed by atoms with Crippen LogP contribution in [0.4, 0.5) is 5.69 Å². The molecule has 0 heterocycles. The van der Waals surface area contributed by atoms with E-state index in [-0.39, 0.29) is 12.5 Å². The Morgan fingerprint density at radius 1 is 0.900 bits per heavy atom. The van der Waals surface area contributed by atoms with E-state index in [9.17, 15) is 4.79 Å². The number of rotatable bonds is 8. The van der Waals surface area contributed by atoms with E-state index in [0.717, 1.165) is 28.1 Å². The second kappa shape index (κ2) is 9.83. The van der Waals surface area contributed by atoms with Crippen molar-refractivity contribution in [3.63, 3.8) is 0 Å². The van der Waals surface area contributed by atoms with E-state index in [1.54, 1.807) is 13.2 Å². The number of para-hydroxylation sites is 1. The molecule has 5 nitrogen and oxygen atoms in total. The SMILES string of the molecule is CCOc1ccc(C(=O)Nc2c(C)cccc2C)cc1COc1cccc(OC)c1. The molecule has 0 aliphatic rings. The monoisotopic (exact) mass is 405 g/mol. The molecule has 1 N–H and O–H groups in total. The van der Waals surface area contributed by atoms with E-state index in [0.29, 0.717) is 23.7 Å². The van der Waals surface area contributed by atoms with Gasteiger partial charge >= 0.3 is 0 Å². The summed E-state index contributed by atoms with van der Waals surface area (Å²) in [7, 11) is 1.62. The molecule has 3 aromatic carbocycles. The number of hydrogen-bond acceptors (Lipinski definition) is 4. The van der Waals surface area contributed by atoms with E-state index >= 15 is 0 Å². The molecule has 0 aromatic heterocycles. The van der Waals surface area contributed by atoms with Crippen LogP contribution in [0, 0.1) is 13.8 Å². The molecule has 0 saturated carbocycles. The van der Waals surface area contributed by atoms with Gasteiger partial charge in [0, 0.05) is 22.9 Å². The molecule has 0 spiro atoms. The highest BCUT2D eigenvalue weighted by Crippen LogP contribution is 2.26. The second-order valence-electron chi connectivity index (χ2n) is 6.94. The number of nitrogens with one attached hydrogen (secondary N) is 1. The highest BCUT2D eigenvalue weighted by molar-refractivity contribution is 6.05. The van der Waals surface area contributed by atoms with Crippen LogP contribution in [0.3, 0.4) is 0 Å². The summed E-state index contributed by atoms with van der Waals surface area (Å²) >= 11 is 0. The maximum atomic E-state index is 12.9. The molecule has 0 atom stereocenters. The average Bonchev–Trinajstić information content (AvgIpc) is 2.76. The zero-order valence-electron chi connectivity index (χ0n) is 17.8. The summed E-state index contributed by atoms with van der Waals surface area (Å²) in [6.45, 7) is 6.68. The lowest BCUT2D eigenvalue weighted by molar-refractivity contribution is 0.102. The summed E-state index contributed by atoms with van der Waals surface area (Å²) in [5.41, 5.74) is 4.23. The molecule has 0 aliphatic carbocycles. The fraction of sp³-hybridized carbons (Fsp3) is 0.240. The Morgan fingerprint density at radius 3 is 2.30 bits per heavy atom. The Labute approximate surface area is 177 Å². The third-order valence-corrected chi connectivity index (χ3v) is 4.78. The number of benzene rings is 3. The Morgan fingerprint density at radius 2 is 1.60 bits per heavy atom. The van der Waals surface area contributed by atoms with Crippen molar-refractivity contribution in [3.05, 3.63) is 82.9 Å². The number of hydrogen-bond donors (Lipinski definition) is 1. The lowest BCUT2D eigenvalue weighted by Gasteiger charge is -2.15. The Kier molecular flexibility index (Phi) is 6.96. The van der Waals surface area contributed by atoms with Crippen LogP contribution in [-0.4, -0.2) is 19.6 Å².